The minimum Gasteiger partial charge on any atom is -0.489 e. The molecule has 1 aromatic carbocycles. The number of hydrogen-bond acceptors (Lipinski definition) is 5. The number of amides is 1. The first-order valence-electron chi connectivity index (χ1n) is 9.77. The summed E-state index contributed by atoms with van der Waals surface area (Å²) < 4.78 is 7.45. The Kier molecular flexibility index (Phi) is 7.24. The zero-order valence-electron chi connectivity index (χ0n) is 16.0. The molecule has 1 aliphatic heterocycles. The first kappa shape index (κ1) is 19.4. The number of hydrogen-bond donors (Lipinski definition) is 2. The third-order valence-corrected chi connectivity index (χ3v) is 4.52. The zero-order valence-corrected chi connectivity index (χ0v) is 16.0. The smallest absolute Gasteiger partial charge is 0.275 e. The predicted molar refractivity (Wildman–Crippen MR) is 106 cm³/mol. The number of ether oxygens (including phenoxy) is 1. The molecule has 1 saturated heterocycles. The molecule has 27 heavy (non-hydrogen) atoms. The summed E-state index contributed by atoms with van der Waals surface area (Å²) in [5, 5.41) is 10.8. The molecule has 1 amide bonds. The van der Waals surface area contributed by atoms with E-state index in [1.807, 2.05) is 37.3 Å². The highest BCUT2D eigenvalue weighted by molar-refractivity contribution is 5.94. The molecule has 0 radical (unpaired) electrons. The van der Waals surface area contributed by atoms with E-state index < -0.39 is 0 Å². The fourth-order valence-electron chi connectivity index (χ4n) is 3.07. The summed E-state index contributed by atoms with van der Waals surface area (Å²) in [5.74, 6) is 0.344. The van der Waals surface area contributed by atoms with E-state index in [-0.39, 0.29) is 5.91 Å². The van der Waals surface area contributed by atoms with Gasteiger partial charge in [-0.05, 0) is 31.5 Å². The van der Waals surface area contributed by atoms with Gasteiger partial charge < -0.3 is 20.3 Å². The van der Waals surface area contributed by atoms with Gasteiger partial charge in [-0.15, -0.1) is 0 Å². The minimum absolute atomic E-state index is 0.184. The van der Waals surface area contributed by atoms with Crippen molar-refractivity contribution >= 4 is 5.91 Å². The fourth-order valence-corrected chi connectivity index (χ4v) is 3.07. The van der Waals surface area contributed by atoms with Crippen LogP contribution >= 0.6 is 0 Å². The number of para-hydroxylation sites is 1. The van der Waals surface area contributed by atoms with Crippen LogP contribution in [0.3, 0.4) is 0 Å². The van der Waals surface area contributed by atoms with Crippen LogP contribution in [0.2, 0.25) is 0 Å². The summed E-state index contributed by atoms with van der Waals surface area (Å²) >= 11 is 0. The van der Waals surface area contributed by atoms with Crippen LogP contribution < -0.4 is 15.4 Å². The van der Waals surface area contributed by atoms with Crippen LogP contribution in [0.4, 0.5) is 0 Å². The number of benzene rings is 1. The van der Waals surface area contributed by atoms with Gasteiger partial charge in [-0.3, -0.25) is 4.79 Å². The van der Waals surface area contributed by atoms with Gasteiger partial charge >= 0.3 is 0 Å². The van der Waals surface area contributed by atoms with Crippen LogP contribution in [-0.4, -0.2) is 66.5 Å². The Morgan fingerprint density at radius 1 is 1.26 bits per heavy atom. The van der Waals surface area contributed by atoms with Crippen molar-refractivity contribution in [3.05, 3.63) is 42.2 Å². The largest absolute Gasteiger partial charge is 0.489 e. The van der Waals surface area contributed by atoms with Crippen molar-refractivity contribution in [2.45, 2.75) is 19.8 Å². The summed E-state index contributed by atoms with van der Waals surface area (Å²) in [7, 11) is 0. The van der Waals surface area contributed by atoms with Gasteiger partial charge in [-0.25, -0.2) is 4.68 Å². The number of piperazine rings is 1. The van der Waals surface area contributed by atoms with Crippen molar-refractivity contribution in [1.29, 1.82) is 0 Å². The molecule has 0 saturated carbocycles. The molecule has 7 nitrogen and oxygen atoms in total. The molecule has 2 heterocycles. The number of carbonyl (C=O) groups excluding carboxylic acids is 1. The van der Waals surface area contributed by atoms with Gasteiger partial charge in [-0.1, -0.05) is 25.1 Å². The molecule has 3 rings (SSSR count). The van der Waals surface area contributed by atoms with E-state index in [9.17, 15) is 4.79 Å². The van der Waals surface area contributed by atoms with Crippen molar-refractivity contribution in [2.24, 2.45) is 0 Å². The Balaban J connectivity index is 1.59. The lowest BCUT2D eigenvalue weighted by Crippen LogP contribution is -2.44. The van der Waals surface area contributed by atoms with Gasteiger partial charge in [0.15, 0.2) is 11.4 Å². The quantitative estimate of drug-likeness (QED) is 0.657. The van der Waals surface area contributed by atoms with Gasteiger partial charge in [0.1, 0.15) is 0 Å². The standard InChI is InChI=1S/C20H29N5O2/c1-2-15-27-18-16-25(17-7-4-3-5-8-17)23-19(18)20(26)22-9-6-12-24-13-10-21-11-14-24/h3-5,7-8,16,21H,2,6,9-15H2,1H3,(H,22,26). The highest BCUT2D eigenvalue weighted by Crippen LogP contribution is 2.20. The molecule has 0 atom stereocenters. The Labute approximate surface area is 160 Å². The van der Waals surface area contributed by atoms with Crippen LogP contribution in [0.5, 0.6) is 5.75 Å². The second-order valence-electron chi connectivity index (χ2n) is 6.67. The van der Waals surface area contributed by atoms with E-state index >= 15 is 0 Å². The zero-order chi connectivity index (χ0) is 18.9. The lowest BCUT2D eigenvalue weighted by Gasteiger charge is -2.27. The maximum atomic E-state index is 12.6. The van der Waals surface area contributed by atoms with Crippen molar-refractivity contribution in [2.75, 3.05) is 45.9 Å². The van der Waals surface area contributed by atoms with Crippen molar-refractivity contribution in [3.63, 3.8) is 0 Å². The third-order valence-electron chi connectivity index (χ3n) is 4.52. The molecular formula is C20H29N5O2. The molecule has 2 aromatic rings. The maximum Gasteiger partial charge on any atom is 0.275 e. The lowest BCUT2D eigenvalue weighted by molar-refractivity contribution is 0.0942. The Morgan fingerprint density at radius 3 is 2.78 bits per heavy atom. The summed E-state index contributed by atoms with van der Waals surface area (Å²) in [5.41, 5.74) is 1.24. The third kappa shape index (κ3) is 5.55. The summed E-state index contributed by atoms with van der Waals surface area (Å²) in [6.45, 7) is 8.46. The van der Waals surface area contributed by atoms with Crippen molar-refractivity contribution in [3.8, 4) is 11.4 Å². The van der Waals surface area contributed by atoms with Crippen LogP contribution in [0.15, 0.2) is 36.5 Å². The molecule has 2 N–H and O–H groups in total. The van der Waals surface area contributed by atoms with E-state index in [1.54, 1.807) is 10.9 Å². The normalized spacial score (nSPS) is 14.9. The van der Waals surface area contributed by atoms with Gasteiger partial charge in [0.25, 0.3) is 5.91 Å². The highest BCUT2D eigenvalue weighted by Gasteiger charge is 2.19. The van der Waals surface area contributed by atoms with Crippen LogP contribution in [0, 0.1) is 0 Å². The Morgan fingerprint density at radius 2 is 2.04 bits per heavy atom. The van der Waals surface area contributed by atoms with Crippen LogP contribution in [0.1, 0.15) is 30.3 Å². The van der Waals surface area contributed by atoms with Gasteiger partial charge in [0.2, 0.25) is 0 Å². The number of aromatic nitrogens is 2. The molecule has 1 aromatic heterocycles. The monoisotopic (exact) mass is 371 g/mol. The molecule has 1 aliphatic rings. The molecule has 1 fully saturated rings. The maximum absolute atomic E-state index is 12.6. The Bertz CT molecular complexity index is 710. The second kappa shape index (κ2) is 10.1. The van der Waals surface area contributed by atoms with Crippen LogP contribution in [0.25, 0.3) is 5.69 Å². The summed E-state index contributed by atoms with van der Waals surface area (Å²) in [4.78, 5) is 15.1. The van der Waals surface area contributed by atoms with Gasteiger partial charge in [-0.2, -0.15) is 5.10 Å². The fraction of sp³-hybridized carbons (Fsp3) is 0.500. The SMILES string of the molecule is CCCOc1cn(-c2ccccc2)nc1C(=O)NCCCN1CCNCC1. The average molecular weight is 371 g/mol. The first-order chi connectivity index (χ1) is 13.3. The molecule has 0 aliphatic carbocycles. The lowest BCUT2D eigenvalue weighted by atomic mass is 10.3. The summed E-state index contributed by atoms with van der Waals surface area (Å²) in [6.07, 6.45) is 3.58. The number of nitrogens with one attached hydrogen (secondary N) is 2. The van der Waals surface area contributed by atoms with Crippen molar-refractivity contribution in [1.82, 2.24) is 25.3 Å². The first-order valence-corrected chi connectivity index (χ1v) is 9.77. The number of rotatable bonds is 9. The summed E-state index contributed by atoms with van der Waals surface area (Å²) in [6, 6.07) is 9.74. The molecule has 0 bridgehead atoms. The van der Waals surface area contributed by atoms with E-state index in [4.69, 9.17) is 4.74 Å². The van der Waals surface area contributed by atoms with Crippen LogP contribution in [-0.2, 0) is 0 Å². The van der Waals surface area contributed by atoms with E-state index in [0.717, 1.165) is 51.3 Å². The van der Waals surface area contributed by atoms with E-state index in [1.165, 1.54) is 0 Å². The molecular weight excluding hydrogens is 342 g/mol. The number of carbonyl (C=O) groups is 1. The van der Waals surface area contributed by atoms with Crippen molar-refractivity contribution < 1.29 is 9.53 Å². The average Bonchev–Trinajstić information content (AvgIpc) is 3.15. The van der Waals surface area contributed by atoms with Gasteiger partial charge in [0.05, 0.1) is 18.5 Å². The highest BCUT2D eigenvalue weighted by atomic mass is 16.5. The second-order valence-corrected chi connectivity index (χ2v) is 6.67. The molecule has 0 spiro atoms. The molecule has 146 valence electrons. The van der Waals surface area contributed by atoms with Gasteiger partial charge in [0, 0.05) is 32.7 Å². The molecule has 0 unspecified atom stereocenters. The minimum atomic E-state index is -0.184. The predicted octanol–water partition coefficient (Wildman–Crippen LogP) is 1.69. The number of nitrogens with zero attached hydrogens (tertiary/aromatic N) is 3. The Hall–Kier alpha value is -2.38. The van der Waals surface area contributed by atoms with E-state index in [0.29, 0.717) is 24.6 Å². The topological polar surface area (TPSA) is 71.4 Å². The molecule has 7 heteroatoms. The van der Waals surface area contributed by atoms with E-state index in [2.05, 4.69) is 20.6 Å².